The molecule has 2 rings (SSSR count). The monoisotopic (exact) mass is 410 g/mol. The van der Waals surface area contributed by atoms with Crippen LogP contribution in [0.25, 0.3) is 0 Å². The lowest BCUT2D eigenvalue weighted by Crippen LogP contribution is -2.51. The average Bonchev–Trinajstić information content (AvgIpc) is 2.74. The molecule has 0 saturated heterocycles. The molecular formula is C25H34N2O3. The van der Waals surface area contributed by atoms with E-state index in [1.54, 1.807) is 4.90 Å². The minimum Gasteiger partial charge on any atom is -0.483 e. The molecule has 0 aromatic heterocycles. The van der Waals surface area contributed by atoms with E-state index >= 15 is 0 Å². The number of amides is 2. The summed E-state index contributed by atoms with van der Waals surface area (Å²) in [7, 11) is 0. The Morgan fingerprint density at radius 2 is 1.73 bits per heavy atom. The number of rotatable bonds is 10. The first-order valence-electron chi connectivity index (χ1n) is 10.7. The largest absolute Gasteiger partial charge is 0.483 e. The number of carbonyl (C=O) groups is 2. The van der Waals surface area contributed by atoms with Gasteiger partial charge in [-0.15, -0.1) is 0 Å². The molecule has 0 radical (unpaired) electrons. The van der Waals surface area contributed by atoms with Crippen LogP contribution in [-0.2, 0) is 16.1 Å². The SMILES string of the molecule is CC[C@H](C)NC(=O)[C@H](CC)N(Cc1ccccc1)C(=O)COc1cc(C)ccc1C. The van der Waals surface area contributed by atoms with Gasteiger partial charge < -0.3 is 15.0 Å². The topological polar surface area (TPSA) is 58.6 Å². The third-order valence-corrected chi connectivity index (χ3v) is 5.28. The third kappa shape index (κ3) is 6.61. The van der Waals surface area contributed by atoms with Crippen molar-refractivity contribution < 1.29 is 14.3 Å². The van der Waals surface area contributed by atoms with Crippen LogP contribution in [-0.4, -0.2) is 35.4 Å². The minimum absolute atomic E-state index is 0.0615. The lowest BCUT2D eigenvalue weighted by atomic mass is 10.1. The van der Waals surface area contributed by atoms with Crippen molar-refractivity contribution in [1.82, 2.24) is 10.2 Å². The molecule has 0 aliphatic carbocycles. The van der Waals surface area contributed by atoms with Crippen LogP contribution in [0.1, 0.15) is 50.3 Å². The van der Waals surface area contributed by atoms with Crippen LogP contribution in [0.3, 0.4) is 0 Å². The summed E-state index contributed by atoms with van der Waals surface area (Å²) in [6.45, 7) is 10.1. The predicted molar refractivity (Wildman–Crippen MR) is 120 cm³/mol. The summed E-state index contributed by atoms with van der Waals surface area (Å²) in [5, 5.41) is 3.02. The zero-order valence-electron chi connectivity index (χ0n) is 18.8. The standard InChI is InChI=1S/C25H34N2O3/c1-6-20(5)26-25(29)22(7-2)27(16-21-11-9-8-10-12-21)24(28)17-30-23-15-18(3)13-14-19(23)4/h8-15,20,22H,6-7,16-17H2,1-5H3,(H,26,29)/t20-,22-/m0/s1. The summed E-state index contributed by atoms with van der Waals surface area (Å²) in [6, 6.07) is 15.2. The molecule has 0 heterocycles. The van der Waals surface area contributed by atoms with Gasteiger partial charge in [-0.2, -0.15) is 0 Å². The lowest BCUT2D eigenvalue weighted by molar-refractivity contribution is -0.143. The molecule has 0 spiro atoms. The molecule has 2 amide bonds. The molecule has 0 aliphatic rings. The second-order valence-corrected chi connectivity index (χ2v) is 7.81. The maximum absolute atomic E-state index is 13.2. The number of nitrogens with zero attached hydrogens (tertiary/aromatic N) is 1. The van der Waals surface area contributed by atoms with Crippen molar-refractivity contribution in [2.24, 2.45) is 0 Å². The van der Waals surface area contributed by atoms with Crippen molar-refractivity contribution in [3.63, 3.8) is 0 Å². The lowest BCUT2D eigenvalue weighted by Gasteiger charge is -2.31. The number of carbonyl (C=O) groups excluding carboxylic acids is 2. The Labute approximate surface area is 180 Å². The Balaban J connectivity index is 2.21. The average molecular weight is 411 g/mol. The van der Waals surface area contributed by atoms with Crippen LogP contribution in [0.2, 0.25) is 0 Å². The number of benzene rings is 2. The van der Waals surface area contributed by atoms with Crippen LogP contribution in [0.5, 0.6) is 5.75 Å². The van der Waals surface area contributed by atoms with Gasteiger partial charge in [-0.25, -0.2) is 0 Å². The molecule has 5 heteroatoms. The highest BCUT2D eigenvalue weighted by molar-refractivity contribution is 5.88. The summed E-state index contributed by atoms with van der Waals surface area (Å²) >= 11 is 0. The van der Waals surface area contributed by atoms with Gasteiger partial charge in [-0.1, -0.05) is 56.3 Å². The summed E-state index contributed by atoms with van der Waals surface area (Å²) < 4.78 is 5.85. The Kier molecular flexibility index (Phi) is 8.90. The predicted octanol–water partition coefficient (Wildman–Crippen LogP) is 4.40. The normalized spacial score (nSPS) is 12.7. The summed E-state index contributed by atoms with van der Waals surface area (Å²) in [5.74, 6) is 0.369. The van der Waals surface area contributed by atoms with Gasteiger partial charge in [0.25, 0.3) is 5.91 Å². The van der Waals surface area contributed by atoms with E-state index in [4.69, 9.17) is 4.74 Å². The van der Waals surface area contributed by atoms with E-state index in [9.17, 15) is 9.59 Å². The number of hydrogen-bond donors (Lipinski definition) is 1. The Morgan fingerprint density at radius 1 is 1.03 bits per heavy atom. The molecule has 0 aliphatic heterocycles. The second kappa shape index (κ2) is 11.4. The molecule has 0 bridgehead atoms. The van der Waals surface area contributed by atoms with Crippen LogP contribution < -0.4 is 10.1 Å². The number of hydrogen-bond acceptors (Lipinski definition) is 3. The van der Waals surface area contributed by atoms with Crippen molar-refractivity contribution in [3.05, 3.63) is 65.2 Å². The zero-order chi connectivity index (χ0) is 22.1. The molecule has 1 N–H and O–H groups in total. The highest BCUT2D eigenvalue weighted by Gasteiger charge is 2.29. The quantitative estimate of drug-likeness (QED) is 0.631. The highest BCUT2D eigenvalue weighted by Crippen LogP contribution is 2.20. The fourth-order valence-electron chi connectivity index (χ4n) is 3.23. The number of ether oxygens (including phenoxy) is 1. The second-order valence-electron chi connectivity index (χ2n) is 7.81. The maximum atomic E-state index is 13.2. The van der Waals surface area contributed by atoms with Gasteiger partial charge in [0.1, 0.15) is 11.8 Å². The van der Waals surface area contributed by atoms with E-state index in [1.165, 1.54) is 0 Å². The molecule has 30 heavy (non-hydrogen) atoms. The van der Waals surface area contributed by atoms with Crippen LogP contribution in [0.4, 0.5) is 0 Å². The first-order chi connectivity index (χ1) is 14.3. The number of nitrogens with one attached hydrogen (secondary N) is 1. The summed E-state index contributed by atoms with van der Waals surface area (Å²) in [4.78, 5) is 27.7. The molecule has 0 unspecified atom stereocenters. The molecule has 0 fully saturated rings. The van der Waals surface area contributed by atoms with E-state index in [1.807, 2.05) is 83.1 Å². The smallest absolute Gasteiger partial charge is 0.261 e. The van der Waals surface area contributed by atoms with Crippen molar-refractivity contribution >= 4 is 11.8 Å². The van der Waals surface area contributed by atoms with E-state index in [0.717, 1.165) is 23.1 Å². The third-order valence-electron chi connectivity index (χ3n) is 5.28. The van der Waals surface area contributed by atoms with E-state index in [2.05, 4.69) is 5.32 Å². The summed E-state index contributed by atoms with van der Waals surface area (Å²) in [5.41, 5.74) is 3.03. The van der Waals surface area contributed by atoms with Gasteiger partial charge in [-0.3, -0.25) is 9.59 Å². The van der Waals surface area contributed by atoms with Gasteiger partial charge in [0.2, 0.25) is 5.91 Å². The minimum atomic E-state index is -0.547. The van der Waals surface area contributed by atoms with E-state index in [0.29, 0.717) is 18.7 Å². The molecule has 2 atom stereocenters. The Morgan fingerprint density at radius 3 is 2.37 bits per heavy atom. The van der Waals surface area contributed by atoms with Crippen LogP contribution in [0.15, 0.2) is 48.5 Å². The Hall–Kier alpha value is -2.82. The van der Waals surface area contributed by atoms with Crippen LogP contribution >= 0.6 is 0 Å². The van der Waals surface area contributed by atoms with Crippen molar-refractivity contribution in [2.45, 2.75) is 66.1 Å². The first-order valence-corrected chi connectivity index (χ1v) is 10.7. The van der Waals surface area contributed by atoms with Gasteiger partial charge in [0, 0.05) is 12.6 Å². The van der Waals surface area contributed by atoms with Gasteiger partial charge in [-0.05, 0) is 56.4 Å². The molecule has 0 saturated carbocycles. The van der Waals surface area contributed by atoms with Crippen molar-refractivity contribution in [3.8, 4) is 5.75 Å². The maximum Gasteiger partial charge on any atom is 0.261 e. The van der Waals surface area contributed by atoms with Gasteiger partial charge in [0.05, 0.1) is 0 Å². The zero-order valence-corrected chi connectivity index (χ0v) is 18.8. The fraction of sp³-hybridized carbons (Fsp3) is 0.440. The van der Waals surface area contributed by atoms with Crippen LogP contribution in [0, 0.1) is 13.8 Å². The molecule has 162 valence electrons. The number of aryl methyl sites for hydroxylation is 2. The Bertz CT molecular complexity index is 836. The van der Waals surface area contributed by atoms with Gasteiger partial charge in [0.15, 0.2) is 6.61 Å². The van der Waals surface area contributed by atoms with Crippen molar-refractivity contribution in [2.75, 3.05) is 6.61 Å². The summed E-state index contributed by atoms with van der Waals surface area (Å²) in [6.07, 6.45) is 1.37. The van der Waals surface area contributed by atoms with Crippen molar-refractivity contribution in [1.29, 1.82) is 0 Å². The van der Waals surface area contributed by atoms with E-state index in [-0.39, 0.29) is 24.5 Å². The molecular weight excluding hydrogens is 376 g/mol. The van der Waals surface area contributed by atoms with E-state index < -0.39 is 6.04 Å². The molecule has 2 aromatic rings. The highest BCUT2D eigenvalue weighted by atomic mass is 16.5. The first kappa shape index (κ1) is 23.5. The molecule has 5 nitrogen and oxygen atoms in total. The molecule has 2 aromatic carbocycles. The van der Waals surface area contributed by atoms with Gasteiger partial charge >= 0.3 is 0 Å². The fourth-order valence-corrected chi connectivity index (χ4v) is 3.23.